The highest BCUT2D eigenvalue weighted by atomic mass is 31.2. The van der Waals surface area contributed by atoms with Crippen LogP contribution in [0.4, 0.5) is 0 Å². The molecule has 0 unspecified atom stereocenters. The van der Waals surface area contributed by atoms with Crippen LogP contribution in [0.1, 0.15) is 24.0 Å². The van der Waals surface area contributed by atoms with Gasteiger partial charge in [0.1, 0.15) is 0 Å². The van der Waals surface area contributed by atoms with Crippen LogP contribution in [-0.4, -0.2) is 33.9 Å². The van der Waals surface area contributed by atoms with E-state index >= 15 is 0 Å². The second-order valence-electron chi connectivity index (χ2n) is 6.22. The van der Waals surface area contributed by atoms with E-state index in [4.69, 9.17) is 0 Å². The molecule has 0 aliphatic carbocycles. The lowest BCUT2D eigenvalue weighted by atomic mass is 10.1. The summed E-state index contributed by atoms with van der Waals surface area (Å²) in [4.78, 5) is 43.1. The van der Waals surface area contributed by atoms with Gasteiger partial charge in [-0.25, -0.2) is 0 Å². The summed E-state index contributed by atoms with van der Waals surface area (Å²) in [7, 11) is -2.29. The maximum absolute atomic E-state index is 12.1. The Morgan fingerprint density at radius 3 is 1.89 bits per heavy atom. The minimum atomic E-state index is -2.29. The zero-order valence-electron chi connectivity index (χ0n) is 15.0. The quantitative estimate of drug-likeness (QED) is 0.370. The van der Waals surface area contributed by atoms with Crippen molar-refractivity contribution in [2.75, 3.05) is 6.54 Å². The Hall–Kier alpha value is -2.27. The molecule has 0 heterocycles. The van der Waals surface area contributed by atoms with Crippen LogP contribution >= 0.6 is 8.38 Å². The lowest BCUT2D eigenvalue weighted by Crippen LogP contribution is -2.35. The number of benzene rings is 2. The fourth-order valence-corrected chi connectivity index (χ4v) is 3.30. The minimum Gasteiger partial charge on any atom is -0.356 e. The average Bonchev–Trinajstić information content (AvgIpc) is 2.65. The third kappa shape index (κ3) is 8.31. The zero-order valence-corrected chi connectivity index (χ0v) is 15.9. The van der Waals surface area contributed by atoms with E-state index in [-0.39, 0.29) is 18.2 Å². The van der Waals surface area contributed by atoms with Gasteiger partial charge in [0.25, 0.3) is 0 Å². The highest BCUT2D eigenvalue weighted by molar-refractivity contribution is 7.45. The largest absolute Gasteiger partial charge is 0.356 e. The van der Waals surface area contributed by atoms with E-state index in [1.165, 1.54) is 0 Å². The fourth-order valence-electron chi connectivity index (χ4n) is 2.63. The molecular weight excluding hydrogens is 363 g/mol. The van der Waals surface area contributed by atoms with Gasteiger partial charge in [-0.05, 0) is 24.0 Å². The van der Waals surface area contributed by atoms with Crippen LogP contribution in [0.25, 0.3) is 0 Å². The molecule has 0 saturated carbocycles. The molecular formula is C20H25N2O4P. The number of carbonyl (C=O) groups is 2. The molecule has 2 aromatic rings. The van der Waals surface area contributed by atoms with Crippen LogP contribution in [0.2, 0.25) is 0 Å². The van der Waals surface area contributed by atoms with Crippen molar-refractivity contribution >= 4 is 20.2 Å². The van der Waals surface area contributed by atoms with E-state index in [1.807, 2.05) is 60.7 Å². The van der Waals surface area contributed by atoms with E-state index in [9.17, 15) is 19.4 Å². The Morgan fingerprint density at radius 1 is 0.852 bits per heavy atom. The molecule has 0 aliphatic rings. The van der Waals surface area contributed by atoms with Crippen LogP contribution < -0.4 is 10.6 Å². The number of rotatable bonds is 10. The molecule has 144 valence electrons. The maximum atomic E-state index is 12.1. The molecule has 4 N–H and O–H groups in total. The molecule has 2 aromatic carbocycles. The normalized spacial score (nSPS) is 11.8. The standard InChI is InChI=1S/C20H25N2O4P/c23-18(14-16-8-3-1-4-9-16)21-13-7-12-20(27(25)26)22-19(24)15-17-10-5-2-6-11-17/h1-6,8-11,20,25-26H,7,12-15H2,(H,21,23)(H,22,24)/t20-/m1/s1. The van der Waals surface area contributed by atoms with Crippen LogP contribution in [-0.2, 0) is 22.4 Å². The first-order valence-electron chi connectivity index (χ1n) is 8.85. The molecule has 0 fully saturated rings. The second-order valence-corrected chi connectivity index (χ2v) is 7.48. The topological polar surface area (TPSA) is 98.7 Å². The van der Waals surface area contributed by atoms with E-state index in [0.717, 1.165) is 11.1 Å². The monoisotopic (exact) mass is 388 g/mol. The molecule has 0 aromatic heterocycles. The van der Waals surface area contributed by atoms with Gasteiger partial charge in [-0.3, -0.25) is 9.59 Å². The van der Waals surface area contributed by atoms with Crippen molar-refractivity contribution in [2.45, 2.75) is 31.5 Å². The van der Waals surface area contributed by atoms with Crippen molar-refractivity contribution in [1.82, 2.24) is 10.6 Å². The fraction of sp³-hybridized carbons (Fsp3) is 0.300. The lowest BCUT2D eigenvalue weighted by molar-refractivity contribution is -0.121. The SMILES string of the molecule is O=C(Cc1ccccc1)NCCC[C@H](NC(=O)Cc1ccccc1)P(O)O. The number of amides is 2. The summed E-state index contributed by atoms with van der Waals surface area (Å²) in [5.74, 6) is -1.04. The summed E-state index contributed by atoms with van der Waals surface area (Å²) in [6.45, 7) is 0.417. The Balaban J connectivity index is 1.69. The summed E-state index contributed by atoms with van der Waals surface area (Å²) in [6, 6.07) is 18.7. The van der Waals surface area contributed by atoms with Gasteiger partial charge in [-0.15, -0.1) is 0 Å². The van der Waals surface area contributed by atoms with Crippen molar-refractivity contribution in [3.05, 3.63) is 71.8 Å². The molecule has 0 saturated heterocycles. The molecule has 6 nitrogen and oxygen atoms in total. The van der Waals surface area contributed by atoms with Crippen molar-refractivity contribution in [3.63, 3.8) is 0 Å². The maximum Gasteiger partial charge on any atom is 0.225 e. The summed E-state index contributed by atoms with van der Waals surface area (Å²) in [5, 5.41) is 5.48. The molecule has 0 spiro atoms. The van der Waals surface area contributed by atoms with Crippen LogP contribution in [0.15, 0.2) is 60.7 Å². The second kappa shape index (κ2) is 11.4. The van der Waals surface area contributed by atoms with Crippen molar-refractivity contribution in [1.29, 1.82) is 0 Å². The van der Waals surface area contributed by atoms with Crippen LogP contribution in [0.3, 0.4) is 0 Å². The van der Waals surface area contributed by atoms with Crippen LogP contribution in [0.5, 0.6) is 0 Å². The Kier molecular flexibility index (Phi) is 8.92. The first-order chi connectivity index (χ1) is 13.0. The summed E-state index contributed by atoms with van der Waals surface area (Å²) >= 11 is 0. The molecule has 2 rings (SSSR count). The lowest BCUT2D eigenvalue weighted by Gasteiger charge is -2.19. The van der Waals surface area contributed by atoms with E-state index in [1.54, 1.807) is 0 Å². The van der Waals surface area contributed by atoms with E-state index in [0.29, 0.717) is 25.8 Å². The highest BCUT2D eigenvalue weighted by Crippen LogP contribution is 2.32. The Labute approximate surface area is 160 Å². The van der Waals surface area contributed by atoms with Gasteiger partial charge in [0.05, 0.1) is 18.6 Å². The van der Waals surface area contributed by atoms with Gasteiger partial charge >= 0.3 is 0 Å². The Bertz CT molecular complexity index is 710. The summed E-state index contributed by atoms with van der Waals surface area (Å²) < 4.78 is 0. The van der Waals surface area contributed by atoms with Crippen molar-refractivity contribution < 1.29 is 19.4 Å². The predicted molar refractivity (Wildman–Crippen MR) is 106 cm³/mol. The predicted octanol–water partition coefficient (Wildman–Crippen LogP) is 2.11. The molecule has 7 heteroatoms. The van der Waals surface area contributed by atoms with E-state index < -0.39 is 14.2 Å². The first-order valence-corrected chi connectivity index (χ1v) is 10.2. The number of hydrogen-bond donors (Lipinski definition) is 4. The molecule has 1 atom stereocenters. The minimum absolute atomic E-state index is 0.0823. The number of nitrogens with one attached hydrogen (secondary N) is 2. The van der Waals surface area contributed by atoms with Crippen molar-refractivity contribution in [3.8, 4) is 0 Å². The third-order valence-electron chi connectivity index (χ3n) is 4.00. The summed E-state index contributed by atoms with van der Waals surface area (Å²) in [6.07, 6.45) is 1.42. The van der Waals surface area contributed by atoms with Crippen molar-refractivity contribution in [2.24, 2.45) is 0 Å². The smallest absolute Gasteiger partial charge is 0.225 e. The number of carbonyl (C=O) groups excluding carboxylic acids is 2. The Morgan fingerprint density at radius 2 is 1.37 bits per heavy atom. The zero-order chi connectivity index (χ0) is 19.5. The van der Waals surface area contributed by atoms with Gasteiger partial charge in [0.15, 0.2) is 8.38 Å². The molecule has 2 amide bonds. The van der Waals surface area contributed by atoms with Crippen LogP contribution in [0, 0.1) is 0 Å². The van der Waals surface area contributed by atoms with E-state index in [2.05, 4.69) is 10.6 Å². The highest BCUT2D eigenvalue weighted by Gasteiger charge is 2.20. The number of hydrogen-bond acceptors (Lipinski definition) is 4. The van der Waals surface area contributed by atoms with Gasteiger partial charge in [-0.1, -0.05) is 60.7 Å². The molecule has 0 bridgehead atoms. The van der Waals surface area contributed by atoms with Gasteiger partial charge in [-0.2, -0.15) is 0 Å². The molecule has 27 heavy (non-hydrogen) atoms. The molecule has 0 aliphatic heterocycles. The average molecular weight is 388 g/mol. The summed E-state index contributed by atoms with van der Waals surface area (Å²) in [5.41, 5.74) is 1.80. The van der Waals surface area contributed by atoms with Gasteiger partial charge in [0, 0.05) is 6.54 Å². The van der Waals surface area contributed by atoms with Gasteiger partial charge in [0.2, 0.25) is 11.8 Å². The first kappa shape index (κ1) is 21.0. The van der Waals surface area contributed by atoms with Gasteiger partial charge < -0.3 is 20.4 Å². The molecule has 0 radical (unpaired) electrons. The third-order valence-corrected chi connectivity index (χ3v) is 4.94.